The van der Waals surface area contributed by atoms with Crippen molar-refractivity contribution in [1.29, 1.82) is 0 Å². The number of benzene rings is 1. The molecule has 0 N–H and O–H groups in total. The average molecular weight is 328 g/mol. The number of oxazole rings is 1. The molecule has 0 amide bonds. The maximum absolute atomic E-state index is 12.4. The van der Waals surface area contributed by atoms with E-state index in [0.717, 1.165) is 18.7 Å². The number of esters is 1. The minimum Gasteiger partial charge on any atom is -0.454 e. The summed E-state index contributed by atoms with van der Waals surface area (Å²) in [7, 11) is 1.59. The molecule has 8 nitrogen and oxygen atoms in total. The first-order valence-electron chi connectivity index (χ1n) is 7.72. The van der Waals surface area contributed by atoms with Crippen LogP contribution in [0.3, 0.4) is 0 Å². The van der Waals surface area contributed by atoms with Crippen LogP contribution in [-0.2, 0) is 18.4 Å². The van der Waals surface area contributed by atoms with Crippen molar-refractivity contribution in [2.24, 2.45) is 7.05 Å². The fourth-order valence-electron chi connectivity index (χ4n) is 2.84. The van der Waals surface area contributed by atoms with Gasteiger partial charge in [-0.1, -0.05) is 6.07 Å². The molecule has 8 heteroatoms. The van der Waals surface area contributed by atoms with Crippen LogP contribution in [0.5, 0.6) is 0 Å². The average Bonchev–Trinajstić information content (AvgIpc) is 3.28. The Morgan fingerprint density at radius 2 is 2.17 bits per heavy atom. The molecule has 0 aliphatic heterocycles. The first-order valence-corrected chi connectivity index (χ1v) is 7.72. The summed E-state index contributed by atoms with van der Waals surface area (Å²) in [5, 5.41) is 8.13. The highest BCUT2D eigenvalue weighted by Crippen LogP contribution is 2.36. The van der Waals surface area contributed by atoms with Crippen molar-refractivity contribution < 1.29 is 13.9 Å². The summed E-state index contributed by atoms with van der Waals surface area (Å²) in [4.78, 5) is 24.0. The lowest BCUT2D eigenvalue weighted by Crippen LogP contribution is -2.10. The maximum atomic E-state index is 12.4. The molecular formula is C16H16N4O4. The molecule has 2 aromatic heterocycles. The standard InChI is InChI=1S/C16H16N4O4/c1-9-17-18-13(20(9)10-6-7-10)8-23-15(21)11-4-3-5-12-14(11)24-16(22)19(12)2/h3-5,10H,6-8H2,1-2H3. The zero-order valence-electron chi connectivity index (χ0n) is 13.4. The van der Waals surface area contributed by atoms with Crippen LogP contribution in [0.15, 0.2) is 27.4 Å². The molecular weight excluding hydrogens is 312 g/mol. The number of carbonyl (C=O) groups excluding carboxylic acids is 1. The highest BCUT2D eigenvalue weighted by molar-refractivity contribution is 6.01. The molecule has 0 spiro atoms. The molecule has 3 aromatic rings. The molecule has 0 saturated heterocycles. The molecule has 4 rings (SSSR count). The number of aryl methyl sites for hydroxylation is 2. The topological polar surface area (TPSA) is 92.2 Å². The predicted octanol–water partition coefficient (Wildman–Crippen LogP) is 1.72. The van der Waals surface area contributed by atoms with E-state index in [1.165, 1.54) is 4.57 Å². The zero-order valence-corrected chi connectivity index (χ0v) is 13.4. The smallest absolute Gasteiger partial charge is 0.419 e. The summed E-state index contributed by atoms with van der Waals surface area (Å²) >= 11 is 0. The molecule has 24 heavy (non-hydrogen) atoms. The number of carbonyl (C=O) groups is 1. The van der Waals surface area contributed by atoms with Crippen LogP contribution in [0.4, 0.5) is 0 Å². The highest BCUT2D eigenvalue weighted by atomic mass is 16.5. The Morgan fingerprint density at radius 1 is 1.38 bits per heavy atom. The number of para-hydroxylation sites is 1. The zero-order chi connectivity index (χ0) is 16.8. The summed E-state index contributed by atoms with van der Waals surface area (Å²) in [5.41, 5.74) is 1.00. The number of hydrogen-bond donors (Lipinski definition) is 0. The van der Waals surface area contributed by atoms with E-state index in [9.17, 15) is 9.59 Å². The molecule has 1 aliphatic carbocycles. The van der Waals surface area contributed by atoms with Crippen molar-refractivity contribution in [3.8, 4) is 0 Å². The monoisotopic (exact) mass is 328 g/mol. The maximum Gasteiger partial charge on any atom is 0.419 e. The minimum atomic E-state index is -0.557. The lowest BCUT2D eigenvalue weighted by Gasteiger charge is -2.08. The van der Waals surface area contributed by atoms with E-state index >= 15 is 0 Å². The lowest BCUT2D eigenvalue weighted by molar-refractivity contribution is 0.0458. The number of hydrogen-bond acceptors (Lipinski definition) is 6. The molecule has 1 aromatic carbocycles. The summed E-state index contributed by atoms with van der Waals surface area (Å²) in [5.74, 6) is 0.372. The van der Waals surface area contributed by atoms with Gasteiger partial charge in [-0.15, -0.1) is 10.2 Å². The van der Waals surface area contributed by atoms with Gasteiger partial charge in [0.25, 0.3) is 0 Å². The van der Waals surface area contributed by atoms with Crippen molar-refractivity contribution >= 4 is 17.1 Å². The largest absolute Gasteiger partial charge is 0.454 e. The van der Waals surface area contributed by atoms with Gasteiger partial charge < -0.3 is 13.7 Å². The highest BCUT2D eigenvalue weighted by Gasteiger charge is 2.28. The third-order valence-corrected chi connectivity index (χ3v) is 4.22. The predicted molar refractivity (Wildman–Crippen MR) is 83.6 cm³/mol. The fraction of sp³-hybridized carbons (Fsp3) is 0.375. The number of fused-ring (bicyclic) bond motifs is 1. The second kappa shape index (κ2) is 5.33. The number of rotatable bonds is 4. The van der Waals surface area contributed by atoms with Crippen LogP contribution in [0.1, 0.15) is 40.9 Å². The van der Waals surface area contributed by atoms with Gasteiger partial charge in [0, 0.05) is 13.1 Å². The van der Waals surface area contributed by atoms with Crippen molar-refractivity contribution in [3.05, 3.63) is 46.0 Å². The normalized spacial score (nSPS) is 14.2. The van der Waals surface area contributed by atoms with Crippen LogP contribution >= 0.6 is 0 Å². The Balaban J connectivity index is 1.59. The molecule has 124 valence electrons. The van der Waals surface area contributed by atoms with Gasteiger partial charge in [-0.25, -0.2) is 9.59 Å². The van der Waals surface area contributed by atoms with E-state index in [2.05, 4.69) is 10.2 Å². The van der Waals surface area contributed by atoms with Gasteiger partial charge >= 0.3 is 11.7 Å². The summed E-state index contributed by atoms with van der Waals surface area (Å²) in [6.45, 7) is 1.92. The Bertz CT molecular complexity index is 993. The van der Waals surface area contributed by atoms with Gasteiger partial charge in [-0.05, 0) is 31.9 Å². The SMILES string of the molecule is Cc1nnc(COC(=O)c2cccc3c2oc(=O)n3C)n1C1CC1. The van der Waals surface area contributed by atoms with Crippen molar-refractivity contribution in [3.63, 3.8) is 0 Å². The third kappa shape index (κ3) is 2.31. The summed E-state index contributed by atoms with van der Waals surface area (Å²) < 4.78 is 13.9. The van der Waals surface area contributed by atoms with Crippen LogP contribution < -0.4 is 5.76 Å². The van der Waals surface area contributed by atoms with E-state index in [1.807, 2.05) is 11.5 Å². The molecule has 0 unspecified atom stereocenters. The van der Waals surface area contributed by atoms with Crippen LogP contribution in [0.25, 0.3) is 11.1 Å². The van der Waals surface area contributed by atoms with E-state index in [1.54, 1.807) is 25.2 Å². The van der Waals surface area contributed by atoms with Crippen LogP contribution in [0, 0.1) is 6.92 Å². The number of aromatic nitrogens is 4. The van der Waals surface area contributed by atoms with Gasteiger partial charge in [-0.3, -0.25) is 4.57 Å². The molecule has 0 bridgehead atoms. The molecule has 0 radical (unpaired) electrons. The van der Waals surface area contributed by atoms with E-state index in [-0.39, 0.29) is 17.8 Å². The van der Waals surface area contributed by atoms with Crippen LogP contribution in [-0.4, -0.2) is 25.3 Å². The Hall–Kier alpha value is -2.90. The van der Waals surface area contributed by atoms with Gasteiger partial charge in [0.2, 0.25) is 0 Å². The lowest BCUT2D eigenvalue weighted by atomic mass is 10.2. The first kappa shape index (κ1) is 14.7. The second-order valence-corrected chi connectivity index (χ2v) is 5.92. The molecule has 0 atom stereocenters. The summed E-state index contributed by atoms with van der Waals surface area (Å²) in [6.07, 6.45) is 2.18. The van der Waals surface area contributed by atoms with Crippen molar-refractivity contribution in [1.82, 2.24) is 19.3 Å². The number of nitrogens with zero attached hydrogens (tertiary/aromatic N) is 4. The Kier molecular flexibility index (Phi) is 3.26. The van der Waals surface area contributed by atoms with Gasteiger partial charge in [0.15, 0.2) is 18.0 Å². The van der Waals surface area contributed by atoms with Crippen molar-refractivity contribution in [2.75, 3.05) is 0 Å². The Labute approximate surface area is 136 Å². The van der Waals surface area contributed by atoms with E-state index in [0.29, 0.717) is 17.4 Å². The van der Waals surface area contributed by atoms with E-state index < -0.39 is 11.7 Å². The van der Waals surface area contributed by atoms with Gasteiger partial charge in [-0.2, -0.15) is 0 Å². The third-order valence-electron chi connectivity index (χ3n) is 4.22. The molecule has 1 saturated carbocycles. The first-order chi connectivity index (χ1) is 11.6. The number of ether oxygens (including phenoxy) is 1. The van der Waals surface area contributed by atoms with Crippen LogP contribution in [0.2, 0.25) is 0 Å². The summed E-state index contributed by atoms with van der Waals surface area (Å²) in [6, 6.07) is 5.38. The minimum absolute atomic E-state index is 0.0314. The molecule has 1 fully saturated rings. The quantitative estimate of drug-likeness (QED) is 0.677. The second-order valence-electron chi connectivity index (χ2n) is 5.92. The van der Waals surface area contributed by atoms with E-state index in [4.69, 9.17) is 9.15 Å². The van der Waals surface area contributed by atoms with Gasteiger partial charge in [0.05, 0.1) is 5.52 Å². The Morgan fingerprint density at radius 3 is 2.92 bits per heavy atom. The van der Waals surface area contributed by atoms with Crippen molar-refractivity contribution in [2.45, 2.75) is 32.4 Å². The fourth-order valence-corrected chi connectivity index (χ4v) is 2.84. The molecule has 2 heterocycles. The molecule has 1 aliphatic rings. The van der Waals surface area contributed by atoms with Gasteiger partial charge in [0.1, 0.15) is 11.4 Å².